The van der Waals surface area contributed by atoms with Crippen LogP contribution < -0.4 is 5.48 Å². The largest absolute Gasteiger partial charge is 0.296 e. The van der Waals surface area contributed by atoms with Crippen molar-refractivity contribution in [1.29, 1.82) is 0 Å². The minimum atomic E-state index is 0.852. The molecule has 0 unspecified atom stereocenters. The molecular formula is C4H10NO. The van der Waals surface area contributed by atoms with Crippen LogP contribution >= 0.6 is 0 Å². The number of rotatable bonds is 3. The van der Waals surface area contributed by atoms with E-state index in [-0.39, 0.29) is 0 Å². The van der Waals surface area contributed by atoms with Gasteiger partial charge >= 0.3 is 0 Å². The Hall–Kier alpha value is -0.0800. The van der Waals surface area contributed by atoms with Crippen molar-refractivity contribution in [3.8, 4) is 0 Å². The van der Waals surface area contributed by atoms with Crippen LogP contribution in [0.5, 0.6) is 0 Å². The molecule has 0 aliphatic rings. The molecule has 0 amide bonds. The number of hydroxylamine groups is 1. The fourth-order valence-electron chi connectivity index (χ4n) is 0.167. The lowest BCUT2D eigenvalue weighted by Gasteiger charge is -1.93. The molecule has 0 atom stereocenters. The molecule has 0 aliphatic carbocycles. The fourth-order valence-corrected chi connectivity index (χ4v) is 0.167. The first kappa shape index (κ1) is 5.92. The summed E-state index contributed by atoms with van der Waals surface area (Å²) < 4.78 is 0. The molecule has 1 N–H and O–H groups in total. The minimum absolute atomic E-state index is 0.852. The Balaban J connectivity index is 2.34. The maximum atomic E-state index is 4.61. The summed E-state index contributed by atoms with van der Waals surface area (Å²) in [5, 5.41) is 0. The van der Waals surface area contributed by atoms with Crippen LogP contribution in [0.3, 0.4) is 0 Å². The van der Waals surface area contributed by atoms with E-state index in [1.54, 1.807) is 6.61 Å². The van der Waals surface area contributed by atoms with E-state index in [1.165, 1.54) is 0 Å². The summed E-state index contributed by atoms with van der Waals surface area (Å²) in [6.45, 7) is 6.25. The molecule has 1 radical (unpaired) electrons. The van der Waals surface area contributed by atoms with Crippen LogP contribution in [0.4, 0.5) is 0 Å². The number of hydrogen-bond acceptors (Lipinski definition) is 2. The molecule has 37 valence electrons. The predicted octanol–water partition coefficient (Wildman–Crippen LogP) is 0.709. The first-order valence-corrected chi connectivity index (χ1v) is 2.08. The first-order chi connectivity index (χ1) is 2.91. The van der Waals surface area contributed by atoms with E-state index in [2.05, 4.69) is 10.3 Å². The Morgan fingerprint density at radius 1 is 1.83 bits per heavy atom. The first-order valence-electron chi connectivity index (χ1n) is 2.08. The fraction of sp³-hybridized carbons (Fsp3) is 0.750. The molecule has 0 saturated carbocycles. The quantitative estimate of drug-likeness (QED) is 0.405. The van der Waals surface area contributed by atoms with Gasteiger partial charge in [-0.3, -0.25) is 4.84 Å². The Kier molecular flexibility index (Phi) is 4.85. The summed E-state index contributed by atoms with van der Waals surface area (Å²) in [7, 11) is 0. The molecule has 0 aliphatic heterocycles. The average Bonchev–Trinajstić information content (AvgIpc) is 1.61. The van der Waals surface area contributed by atoms with Gasteiger partial charge in [-0.2, -0.15) is 0 Å². The van der Waals surface area contributed by atoms with E-state index in [0.29, 0.717) is 0 Å². The van der Waals surface area contributed by atoms with Crippen molar-refractivity contribution < 1.29 is 4.84 Å². The highest BCUT2D eigenvalue weighted by molar-refractivity contribution is 4.27. The van der Waals surface area contributed by atoms with Crippen molar-refractivity contribution >= 4 is 0 Å². The van der Waals surface area contributed by atoms with Crippen LogP contribution in [-0.4, -0.2) is 6.54 Å². The SMILES string of the molecule is C[CH]ONCC. The Morgan fingerprint density at radius 3 is 2.67 bits per heavy atom. The smallest absolute Gasteiger partial charge is 0.104 e. The molecule has 0 heterocycles. The molecule has 0 rings (SSSR count). The van der Waals surface area contributed by atoms with Gasteiger partial charge < -0.3 is 0 Å². The van der Waals surface area contributed by atoms with Gasteiger partial charge in [-0.05, 0) is 6.92 Å². The third-order valence-electron chi connectivity index (χ3n) is 0.346. The van der Waals surface area contributed by atoms with Gasteiger partial charge in [0, 0.05) is 6.54 Å². The Morgan fingerprint density at radius 2 is 2.50 bits per heavy atom. The van der Waals surface area contributed by atoms with Gasteiger partial charge in [0.05, 0.1) is 0 Å². The van der Waals surface area contributed by atoms with Crippen molar-refractivity contribution in [1.82, 2.24) is 5.48 Å². The van der Waals surface area contributed by atoms with E-state index in [0.717, 1.165) is 6.54 Å². The van der Waals surface area contributed by atoms with Crippen LogP contribution in [0.1, 0.15) is 13.8 Å². The topological polar surface area (TPSA) is 21.3 Å². The lowest BCUT2D eigenvalue weighted by Crippen LogP contribution is -2.09. The van der Waals surface area contributed by atoms with Gasteiger partial charge in [-0.25, -0.2) is 5.48 Å². The second-order valence-corrected chi connectivity index (χ2v) is 0.851. The summed E-state index contributed by atoms with van der Waals surface area (Å²) >= 11 is 0. The molecule has 0 aromatic carbocycles. The lowest BCUT2D eigenvalue weighted by molar-refractivity contribution is 0.103. The number of nitrogens with one attached hydrogen (secondary N) is 1. The third-order valence-corrected chi connectivity index (χ3v) is 0.346. The van der Waals surface area contributed by atoms with Crippen LogP contribution in [0.2, 0.25) is 0 Å². The Labute approximate surface area is 38.5 Å². The van der Waals surface area contributed by atoms with E-state index >= 15 is 0 Å². The molecule has 0 spiro atoms. The third kappa shape index (κ3) is 3.92. The summed E-state index contributed by atoms with van der Waals surface area (Å²) in [5.41, 5.74) is 2.64. The Bertz CT molecular complexity index is 19.5. The molecule has 0 fully saturated rings. The summed E-state index contributed by atoms with van der Waals surface area (Å²) in [4.78, 5) is 4.61. The van der Waals surface area contributed by atoms with Crippen LogP contribution in [0.15, 0.2) is 0 Å². The molecule has 0 aromatic heterocycles. The van der Waals surface area contributed by atoms with Crippen molar-refractivity contribution in [2.24, 2.45) is 0 Å². The van der Waals surface area contributed by atoms with E-state index in [1.807, 2.05) is 13.8 Å². The average molecular weight is 88.1 g/mol. The zero-order chi connectivity index (χ0) is 4.83. The summed E-state index contributed by atoms with van der Waals surface area (Å²) in [6, 6.07) is 0. The van der Waals surface area contributed by atoms with Gasteiger partial charge in [0.15, 0.2) is 0 Å². The number of hydrogen-bond donors (Lipinski definition) is 1. The van der Waals surface area contributed by atoms with Crippen LogP contribution in [0, 0.1) is 6.61 Å². The van der Waals surface area contributed by atoms with Gasteiger partial charge in [0.2, 0.25) is 0 Å². The summed E-state index contributed by atoms with van der Waals surface area (Å²) in [5.74, 6) is 0. The van der Waals surface area contributed by atoms with Crippen molar-refractivity contribution in [3.63, 3.8) is 0 Å². The van der Waals surface area contributed by atoms with Crippen molar-refractivity contribution in [2.45, 2.75) is 13.8 Å². The van der Waals surface area contributed by atoms with Crippen molar-refractivity contribution in [3.05, 3.63) is 6.61 Å². The van der Waals surface area contributed by atoms with Crippen LogP contribution in [0.25, 0.3) is 0 Å². The maximum Gasteiger partial charge on any atom is 0.104 e. The molecule has 2 nitrogen and oxygen atoms in total. The van der Waals surface area contributed by atoms with Crippen LogP contribution in [-0.2, 0) is 4.84 Å². The minimum Gasteiger partial charge on any atom is -0.296 e. The molecule has 0 aromatic rings. The van der Waals surface area contributed by atoms with Gasteiger partial charge in [-0.15, -0.1) is 0 Å². The molecule has 0 bridgehead atoms. The second-order valence-electron chi connectivity index (χ2n) is 0.851. The van der Waals surface area contributed by atoms with Gasteiger partial charge in [0.1, 0.15) is 6.61 Å². The molecule has 2 heteroatoms. The normalized spacial score (nSPS) is 9.00. The predicted molar refractivity (Wildman–Crippen MR) is 24.7 cm³/mol. The van der Waals surface area contributed by atoms with Gasteiger partial charge in [-0.1, -0.05) is 6.92 Å². The monoisotopic (exact) mass is 88.1 g/mol. The van der Waals surface area contributed by atoms with E-state index in [4.69, 9.17) is 0 Å². The lowest BCUT2D eigenvalue weighted by atomic mass is 10.8. The highest BCUT2D eigenvalue weighted by Gasteiger charge is 1.70. The standard InChI is InChI=1S/C4H10NO/c1-3-5-6-4-2/h4-5H,3H2,1-2H3. The molecular weight excluding hydrogens is 78.0 g/mol. The molecule has 6 heavy (non-hydrogen) atoms. The summed E-state index contributed by atoms with van der Waals surface area (Å²) in [6.07, 6.45) is 0. The second kappa shape index (κ2) is 4.92. The highest BCUT2D eigenvalue weighted by atomic mass is 16.6. The van der Waals surface area contributed by atoms with E-state index < -0.39 is 0 Å². The zero-order valence-electron chi connectivity index (χ0n) is 4.19. The molecule has 0 saturated heterocycles. The van der Waals surface area contributed by atoms with E-state index in [9.17, 15) is 0 Å². The maximum absolute atomic E-state index is 4.61. The van der Waals surface area contributed by atoms with Crippen molar-refractivity contribution in [2.75, 3.05) is 6.54 Å². The highest BCUT2D eigenvalue weighted by Crippen LogP contribution is 1.67. The zero-order valence-corrected chi connectivity index (χ0v) is 4.19. The van der Waals surface area contributed by atoms with Gasteiger partial charge in [0.25, 0.3) is 0 Å².